The van der Waals surface area contributed by atoms with Gasteiger partial charge in [-0.15, -0.1) is 11.3 Å². The van der Waals surface area contributed by atoms with Crippen molar-refractivity contribution in [3.05, 3.63) is 63.7 Å². The fraction of sp³-hybridized carbons (Fsp3) is 0.553. The predicted octanol–water partition coefficient (Wildman–Crippen LogP) is 6.26. The van der Waals surface area contributed by atoms with E-state index >= 15 is 4.39 Å². The Labute approximate surface area is 306 Å². The van der Waals surface area contributed by atoms with Gasteiger partial charge in [-0.25, -0.2) is 4.39 Å². The number of nitrogens with one attached hydrogen (secondary N) is 1. The van der Waals surface area contributed by atoms with Crippen molar-refractivity contribution in [2.24, 2.45) is 5.92 Å². The number of likely N-dealkylation sites (tertiary alicyclic amines) is 2. The molecular formula is C38H46ClFN4O6S. The van der Waals surface area contributed by atoms with Crippen LogP contribution in [0.15, 0.2) is 41.8 Å². The molecule has 1 atom stereocenters. The second-order valence-electron chi connectivity index (χ2n) is 14.2. The molecule has 1 aromatic heterocycles. The highest BCUT2D eigenvalue weighted by atomic mass is 35.5. The number of anilines is 1. The number of fused-ring (bicyclic) bond motifs is 1. The maximum absolute atomic E-state index is 16.0. The Bertz CT molecular complexity index is 1730. The van der Waals surface area contributed by atoms with Crippen LogP contribution in [0.4, 0.5) is 10.1 Å². The molecule has 4 aliphatic rings. The minimum Gasteiger partial charge on any atom is -0.481 e. The molecule has 4 fully saturated rings. The van der Waals surface area contributed by atoms with Crippen molar-refractivity contribution in [2.45, 2.75) is 75.8 Å². The van der Waals surface area contributed by atoms with Crippen LogP contribution in [0.25, 0.3) is 10.1 Å². The lowest BCUT2D eigenvalue weighted by Crippen LogP contribution is -2.69. The summed E-state index contributed by atoms with van der Waals surface area (Å²) in [5.74, 6) is -3.92. The number of morpholine rings is 1. The fourth-order valence-electron chi connectivity index (χ4n) is 8.38. The average Bonchev–Trinajstić information content (AvgIpc) is 3.85. The summed E-state index contributed by atoms with van der Waals surface area (Å²) in [5.41, 5.74) is 0.746. The van der Waals surface area contributed by atoms with Gasteiger partial charge in [-0.3, -0.25) is 29.1 Å². The van der Waals surface area contributed by atoms with Crippen LogP contribution in [0.3, 0.4) is 0 Å². The molecule has 10 nitrogen and oxygen atoms in total. The van der Waals surface area contributed by atoms with Gasteiger partial charge in [-0.2, -0.15) is 0 Å². The Kier molecular flexibility index (Phi) is 11.4. The first-order valence-electron chi connectivity index (χ1n) is 18.2. The summed E-state index contributed by atoms with van der Waals surface area (Å²) in [5, 5.41) is 15.1. The molecule has 3 aromatic rings. The van der Waals surface area contributed by atoms with Crippen molar-refractivity contribution in [1.82, 2.24) is 14.7 Å². The Morgan fingerprint density at radius 2 is 1.65 bits per heavy atom. The van der Waals surface area contributed by atoms with Crippen molar-refractivity contribution in [2.75, 3.05) is 57.8 Å². The molecule has 0 spiro atoms. The van der Waals surface area contributed by atoms with Gasteiger partial charge >= 0.3 is 5.97 Å². The highest BCUT2D eigenvalue weighted by Crippen LogP contribution is 2.38. The van der Waals surface area contributed by atoms with E-state index in [0.717, 1.165) is 62.1 Å². The number of carbonyl (C=O) groups excluding carboxylic acids is 2. The minimum absolute atomic E-state index is 0.132. The lowest BCUT2D eigenvalue weighted by atomic mass is 9.87. The van der Waals surface area contributed by atoms with Gasteiger partial charge in [0.25, 0.3) is 5.91 Å². The SMILES string of the molecule is O=C(Nc1cc(F)c(CC(=O)C(O[C@H]2CC[C@H](C(=O)O)CC2)(N2CCCC2)N2CCC(N3CCOCC3)CC2)cc1Cl)c1csc2ccccc12. The molecule has 2 N–H and O–H groups in total. The lowest BCUT2D eigenvalue weighted by Gasteiger charge is -2.52. The maximum Gasteiger partial charge on any atom is 0.306 e. The summed E-state index contributed by atoms with van der Waals surface area (Å²) < 4.78 is 29.6. The van der Waals surface area contributed by atoms with Gasteiger partial charge in [-0.05, 0) is 75.1 Å². The van der Waals surface area contributed by atoms with E-state index < -0.39 is 29.5 Å². The molecule has 1 unspecified atom stereocenters. The van der Waals surface area contributed by atoms with Crippen molar-refractivity contribution in [3.8, 4) is 0 Å². The van der Waals surface area contributed by atoms with E-state index in [4.69, 9.17) is 21.1 Å². The van der Waals surface area contributed by atoms with Crippen LogP contribution in [-0.2, 0) is 25.5 Å². The summed E-state index contributed by atoms with van der Waals surface area (Å²) >= 11 is 8.14. The van der Waals surface area contributed by atoms with Crippen LogP contribution in [0.5, 0.6) is 0 Å². The number of rotatable bonds is 11. The number of hydrogen-bond donors (Lipinski definition) is 2. The second-order valence-corrected chi connectivity index (χ2v) is 15.5. The zero-order chi connectivity index (χ0) is 35.5. The number of ether oxygens (including phenoxy) is 2. The molecule has 51 heavy (non-hydrogen) atoms. The first-order valence-corrected chi connectivity index (χ1v) is 19.5. The van der Waals surface area contributed by atoms with E-state index in [1.807, 2.05) is 24.3 Å². The van der Waals surface area contributed by atoms with Gasteiger partial charge in [0.1, 0.15) is 5.82 Å². The van der Waals surface area contributed by atoms with Crippen LogP contribution in [0.2, 0.25) is 5.02 Å². The number of carboxylic acids is 1. The van der Waals surface area contributed by atoms with Crippen LogP contribution < -0.4 is 5.32 Å². The van der Waals surface area contributed by atoms with Crippen molar-refractivity contribution in [3.63, 3.8) is 0 Å². The summed E-state index contributed by atoms with van der Waals surface area (Å²) in [7, 11) is 0. The Hall–Kier alpha value is -2.97. The number of thiophene rings is 1. The first kappa shape index (κ1) is 36.4. The topological polar surface area (TPSA) is 112 Å². The normalized spacial score (nSPS) is 24.0. The molecule has 3 aliphatic heterocycles. The molecule has 0 bridgehead atoms. The molecular weight excluding hydrogens is 695 g/mol. The molecule has 3 saturated heterocycles. The molecule has 1 aliphatic carbocycles. The number of Topliss-reactive ketones (excluding diaryl/α,β-unsaturated/α-hetero) is 1. The number of carboxylic acid groups (broad SMARTS) is 1. The van der Waals surface area contributed by atoms with E-state index in [9.17, 15) is 19.5 Å². The fourth-order valence-corrected chi connectivity index (χ4v) is 9.55. The summed E-state index contributed by atoms with van der Waals surface area (Å²) in [6, 6.07) is 10.6. The monoisotopic (exact) mass is 740 g/mol. The van der Waals surface area contributed by atoms with Gasteiger partial charge in [0.15, 0.2) is 5.78 Å². The number of carbonyl (C=O) groups is 3. The van der Waals surface area contributed by atoms with Crippen LogP contribution >= 0.6 is 22.9 Å². The van der Waals surface area contributed by atoms with E-state index in [1.54, 1.807) is 5.38 Å². The number of amides is 1. The molecule has 1 saturated carbocycles. The maximum atomic E-state index is 16.0. The van der Waals surface area contributed by atoms with Gasteiger partial charge in [0, 0.05) is 67.2 Å². The number of halogens is 2. The number of aliphatic carboxylic acids is 1. The van der Waals surface area contributed by atoms with Crippen LogP contribution in [0.1, 0.15) is 67.3 Å². The van der Waals surface area contributed by atoms with Gasteiger partial charge in [0.2, 0.25) is 5.85 Å². The molecule has 4 heterocycles. The summed E-state index contributed by atoms with van der Waals surface area (Å²) in [6.45, 7) is 5.85. The highest BCUT2D eigenvalue weighted by molar-refractivity contribution is 7.17. The van der Waals surface area contributed by atoms with E-state index in [-0.39, 0.29) is 34.6 Å². The molecule has 13 heteroatoms. The van der Waals surface area contributed by atoms with Crippen LogP contribution in [-0.4, -0.2) is 108 Å². The lowest BCUT2D eigenvalue weighted by molar-refractivity contribution is -0.260. The second kappa shape index (κ2) is 16.0. The summed E-state index contributed by atoms with van der Waals surface area (Å²) in [6.07, 6.45) is 5.07. The Morgan fingerprint density at radius 3 is 2.35 bits per heavy atom. The molecule has 7 rings (SSSR count). The van der Waals surface area contributed by atoms with Gasteiger partial charge < -0.3 is 19.9 Å². The quantitative estimate of drug-likeness (QED) is 0.235. The van der Waals surface area contributed by atoms with Crippen molar-refractivity contribution in [1.29, 1.82) is 0 Å². The average molecular weight is 741 g/mol. The largest absolute Gasteiger partial charge is 0.481 e. The third-order valence-corrected chi connectivity index (χ3v) is 12.4. The summed E-state index contributed by atoms with van der Waals surface area (Å²) in [4.78, 5) is 46.7. The number of ketones is 1. The van der Waals surface area contributed by atoms with E-state index in [2.05, 4.69) is 20.0 Å². The number of benzene rings is 2. The zero-order valence-electron chi connectivity index (χ0n) is 28.8. The number of nitrogens with zero attached hydrogens (tertiary/aromatic N) is 3. The highest BCUT2D eigenvalue weighted by Gasteiger charge is 2.53. The number of piperidine rings is 1. The van der Waals surface area contributed by atoms with Crippen LogP contribution in [0, 0.1) is 11.7 Å². The molecule has 1 amide bonds. The standard InChI is InChI=1S/C38H46ClFN4O6S/c39-31-21-26(32(40)23-33(31)41-36(46)30-24-51-34-6-2-1-5-29(30)34)22-35(45)38(43-13-3-4-14-43,50-28-9-7-25(8-10-28)37(47)48)44-15-11-27(12-16-44)42-17-19-49-20-18-42/h1-2,5-6,21,23-25,27-28H,3-4,7-20,22H2,(H,41,46)(H,47,48)/t25-,28-,38?. The first-order chi connectivity index (χ1) is 24.7. The molecule has 274 valence electrons. The smallest absolute Gasteiger partial charge is 0.306 e. The third-order valence-electron chi connectivity index (χ3n) is 11.2. The predicted molar refractivity (Wildman–Crippen MR) is 195 cm³/mol. The molecule has 2 aromatic carbocycles. The van der Waals surface area contributed by atoms with E-state index in [0.29, 0.717) is 63.5 Å². The zero-order valence-corrected chi connectivity index (χ0v) is 30.4. The minimum atomic E-state index is -1.42. The molecule has 0 radical (unpaired) electrons. The third kappa shape index (κ3) is 7.74. The van der Waals surface area contributed by atoms with Gasteiger partial charge in [0.05, 0.1) is 41.5 Å². The van der Waals surface area contributed by atoms with E-state index in [1.165, 1.54) is 23.5 Å². The van der Waals surface area contributed by atoms with Gasteiger partial charge in [-0.1, -0.05) is 29.8 Å². The Balaban J connectivity index is 1.14. The Morgan fingerprint density at radius 1 is 0.961 bits per heavy atom. The van der Waals surface area contributed by atoms with Crippen molar-refractivity contribution >= 4 is 56.4 Å². The van der Waals surface area contributed by atoms with Crippen molar-refractivity contribution < 1.29 is 33.4 Å². The number of hydrogen-bond acceptors (Lipinski definition) is 9.